The van der Waals surface area contributed by atoms with E-state index in [1.807, 2.05) is 0 Å². The van der Waals surface area contributed by atoms with E-state index in [9.17, 15) is 23.1 Å². The number of alkyl halides is 3. The molecule has 0 bridgehead atoms. The molecule has 148 valence electrons. The Morgan fingerprint density at radius 3 is 2.93 bits per heavy atom. The van der Waals surface area contributed by atoms with E-state index in [-0.39, 0.29) is 12.6 Å². The van der Waals surface area contributed by atoms with Crippen LogP contribution in [0.1, 0.15) is 42.5 Å². The molecule has 27 heavy (non-hydrogen) atoms. The zero-order valence-corrected chi connectivity index (χ0v) is 14.7. The summed E-state index contributed by atoms with van der Waals surface area (Å²) in [5, 5.41) is 15.4. The van der Waals surface area contributed by atoms with Crippen LogP contribution in [0.25, 0.3) is 0 Å². The third-order valence-electron chi connectivity index (χ3n) is 4.79. The first-order valence-corrected chi connectivity index (χ1v) is 8.60. The van der Waals surface area contributed by atoms with E-state index in [4.69, 9.17) is 4.42 Å². The topological polar surface area (TPSA) is 92.3 Å². The number of aryl methyl sites for hydroxylation is 2. The Balaban J connectivity index is 1.60. The molecule has 2 aromatic rings. The molecule has 2 atom stereocenters. The van der Waals surface area contributed by atoms with Gasteiger partial charge in [-0.15, -0.1) is 0 Å². The second kappa shape index (κ2) is 7.26. The molecule has 0 saturated carbocycles. The average molecular weight is 386 g/mol. The van der Waals surface area contributed by atoms with Crippen molar-refractivity contribution in [3.8, 4) is 0 Å². The highest BCUT2D eigenvalue weighted by atomic mass is 19.4. The molecule has 0 spiro atoms. The maximum Gasteiger partial charge on any atom is 0.424 e. The normalized spacial score (nSPS) is 19.2. The molecule has 0 aliphatic heterocycles. The Bertz CT molecular complexity index is 801. The highest BCUT2D eigenvalue weighted by Gasteiger charge is 2.57. The van der Waals surface area contributed by atoms with Crippen molar-refractivity contribution in [2.45, 2.75) is 43.5 Å². The predicted molar refractivity (Wildman–Crippen MR) is 88.7 cm³/mol. The molecular formula is C17H21F3N4O3. The third-order valence-corrected chi connectivity index (χ3v) is 4.79. The number of nitrogens with zero attached hydrogens (tertiary/aromatic N) is 2. The molecule has 1 aliphatic carbocycles. The number of hydrogen-bond donors (Lipinski definition) is 3. The SMILES string of the molecule is Cn1ccnc1C(O)(CCNC(=O)NC1CCCc2occc21)C(F)(F)F. The summed E-state index contributed by atoms with van der Waals surface area (Å²) in [5.74, 6) is 0.292. The maximum absolute atomic E-state index is 13.4. The van der Waals surface area contributed by atoms with Crippen molar-refractivity contribution in [3.05, 3.63) is 41.9 Å². The molecule has 3 rings (SSSR count). The molecule has 0 radical (unpaired) electrons. The minimum Gasteiger partial charge on any atom is -0.469 e. The molecule has 1 aliphatic rings. The number of amides is 2. The van der Waals surface area contributed by atoms with E-state index >= 15 is 0 Å². The lowest BCUT2D eigenvalue weighted by Crippen LogP contribution is -2.48. The van der Waals surface area contributed by atoms with E-state index in [1.165, 1.54) is 19.4 Å². The number of furan rings is 1. The summed E-state index contributed by atoms with van der Waals surface area (Å²) < 4.78 is 46.7. The second-order valence-corrected chi connectivity index (χ2v) is 6.61. The smallest absolute Gasteiger partial charge is 0.424 e. The fraction of sp³-hybridized carbons (Fsp3) is 0.529. The van der Waals surface area contributed by atoms with Crippen LogP contribution in [0.15, 0.2) is 29.1 Å². The van der Waals surface area contributed by atoms with Crippen LogP contribution in [0.2, 0.25) is 0 Å². The Hall–Kier alpha value is -2.49. The van der Waals surface area contributed by atoms with Crippen molar-refractivity contribution >= 4 is 6.03 Å². The van der Waals surface area contributed by atoms with E-state index in [2.05, 4.69) is 15.6 Å². The first kappa shape index (κ1) is 19.3. The van der Waals surface area contributed by atoms with E-state index < -0.39 is 30.1 Å². The van der Waals surface area contributed by atoms with Crippen LogP contribution in [0, 0.1) is 0 Å². The maximum atomic E-state index is 13.4. The second-order valence-electron chi connectivity index (χ2n) is 6.61. The fourth-order valence-corrected chi connectivity index (χ4v) is 3.35. The number of urea groups is 1. The predicted octanol–water partition coefficient (Wildman–Crippen LogP) is 2.53. The fourth-order valence-electron chi connectivity index (χ4n) is 3.35. The van der Waals surface area contributed by atoms with Crippen molar-refractivity contribution in [2.24, 2.45) is 7.05 Å². The molecule has 7 nitrogen and oxygen atoms in total. The number of carbonyl (C=O) groups is 1. The molecule has 2 amide bonds. The quantitative estimate of drug-likeness (QED) is 0.736. The molecule has 2 unspecified atom stereocenters. The number of aromatic nitrogens is 2. The van der Waals surface area contributed by atoms with Crippen molar-refractivity contribution in [1.29, 1.82) is 0 Å². The van der Waals surface area contributed by atoms with Crippen LogP contribution >= 0.6 is 0 Å². The number of halogens is 3. The van der Waals surface area contributed by atoms with Gasteiger partial charge >= 0.3 is 12.2 Å². The van der Waals surface area contributed by atoms with Crippen molar-refractivity contribution in [1.82, 2.24) is 20.2 Å². The van der Waals surface area contributed by atoms with Crippen LogP contribution in [0.5, 0.6) is 0 Å². The van der Waals surface area contributed by atoms with Gasteiger partial charge in [-0.25, -0.2) is 9.78 Å². The summed E-state index contributed by atoms with van der Waals surface area (Å²) in [6.07, 6.45) is 0.729. The largest absolute Gasteiger partial charge is 0.469 e. The number of nitrogens with one attached hydrogen (secondary N) is 2. The molecule has 0 saturated heterocycles. The molecular weight excluding hydrogens is 365 g/mol. The summed E-state index contributed by atoms with van der Waals surface area (Å²) in [5.41, 5.74) is -2.27. The number of imidazole rings is 1. The highest BCUT2D eigenvalue weighted by molar-refractivity contribution is 5.74. The molecule has 2 aromatic heterocycles. The lowest BCUT2D eigenvalue weighted by Gasteiger charge is -2.30. The van der Waals surface area contributed by atoms with Gasteiger partial charge in [0.1, 0.15) is 11.6 Å². The minimum absolute atomic E-state index is 0.247. The molecule has 0 fully saturated rings. The summed E-state index contributed by atoms with van der Waals surface area (Å²) >= 11 is 0. The first-order chi connectivity index (χ1) is 12.7. The van der Waals surface area contributed by atoms with Gasteiger partial charge in [0.2, 0.25) is 5.60 Å². The monoisotopic (exact) mass is 386 g/mol. The molecule has 2 heterocycles. The van der Waals surface area contributed by atoms with Gasteiger partial charge in [0.05, 0.1) is 12.3 Å². The van der Waals surface area contributed by atoms with E-state index in [0.717, 1.165) is 35.2 Å². The van der Waals surface area contributed by atoms with Gasteiger partial charge in [-0.1, -0.05) is 0 Å². The number of fused-ring (bicyclic) bond motifs is 1. The Morgan fingerprint density at radius 1 is 1.48 bits per heavy atom. The van der Waals surface area contributed by atoms with Crippen molar-refractivity contribution in [2.75, 3.05) is 6.54 Å². The molecule has 3 N–H and O–H groups in total. The van der Waals surface area contributed by atoms with Gasteiger partial charge in [-0.2, -0.15) is 13.2 Å². The minimum atomic E-state index is -4.93. The molecule has 0 aromatic carbocycles. The Labute approximate surface area is 153 Å². The zero-order chi connectivity index (χ0) is 19.7. The third kappa shape index (κ3) is 3.80. The summed E-state index contributed by atoms with van der Waals surface area (Å²) in [6.45, 7) is -0.375. The number of aliphatic hydroxyl groups is 1. The zero-order valence-electron chi connectivity index (χ0n) is 14.7. The van der Waals surface area contributed by atoms with Gasteiger partial charge in [0, 0.05) is 44.4 Å². The highest BCUT2D eigenvalue weighted by Crippen LogP contribution is 2.40. The van der Waals surface area contributed by atoms with Gasteiger partial charge in [-0.3, -0.25) is 0 Å². The van der Waals surface area contributed by atoms with Gasteiger partial charge in [0.25, 0.3) is 0 Å². The number of hydrogen-bond acceptors (Lipinski definition) is 4. The van der Waals surface area contributed by atoms with Crippen LogP contribution in [-0.4, -0.2) is 33.4 Å². The summed E-state index contributed by atoms with van der Waals surface area (Å²) in [7, 11) is 1.37. The van der Waals surface area contributed by atoms with E-state index in [0.29, 0.717) is 0 Å². The van der Waals surface area contributed by atoms with Crippen LogP contribution < -0.4 is 10.6 Å². The average Bonchev–Trinajstić information content (AvgIpc) is 3.23. The van der Waals surface area contributed by atoms with Crippen LogP contribution in [-0.2, 0) is 19.1 Å². The number of carbonyl (C=O) groups excluding carboxylic acids is 1. The lowest BCUT2D eigenvalue weighted by molar-refractivity contribution is -0.272. The number of rotatable bonds is 5. The van der Waals surface area contributed by atoms with Gasteiger partial charge < -0.3 is 24.7 Å². The van der Waals surface area contributed by atoms with Gasteiger partial charge in [0.15, 0.2) is 0 Å². The van der Waals surface area contributed by atoms with Crippen molar-refractivity contribution < 1.29 is 27.5 Å². The van der Waals surface area contributed by atoms with Crippen LogP contribution in [0.3, 0.4) is 0 Å². The first-order valence-electron chi connectivity index (χ1n) is 8.60. The lowest BCUT2D eigenvalue weighted by atomic mass is 9.93. The summed E-state index contributed by atoms with van der Waals surface area (Å²) in [6, 6.07) is 0.935. The Kier molecular flexibility index (Phi) is 5.18. The van der Waals surface area contributed by atoms with Crippen LogP contribution in [0.4, 0.5) is 18.0 Å². The Morgan fingerprint density at radius 2 is 2.26 bits per heavy atom. The van der Waals surface area contributed by atoms with Crippen molar-refractivity contribution in [3.63, 3.8) is 0 Å². The summed E-state index contributed by atoms with van der Waals surface area (Å²) in [4.78, 5) is 15.7. The standard InChI is InChI=1S/C17H21F3N4O3/c1-24-9-8-21-14(24)16(26,17(18,19)20)6-7-22-15(25)23-12-3-2-4-13-11(12)5-10-27-13/h5,8-10,12,26H,2-4,6-7H2,1H3,(H2,22,23,25). The molecule has 10 heteroatoms. The van der Waals surface area contributed by atoms with E-state index in [1.54, 1.807) is 12.3 Å². The van der Waals surface area contributed by atoms with Gasteiger partial charge in [-0.05, 0) is 18.9 Å².